The molecule has 0 unspecified atom stereocenters. The smallest absolute Gasteiger partial charge is 0.238 e. The van der Waals surface area contributed by atoms with Crippen molar-refractivity contribution in [2.45, 2.75) is 0 Å². The summed E-state index contributed by atoms with van der Waals surface area (Å²) in [7, 11) is 0. The van der Waals surface area contributed by atoms with E-state index in [0.29, 0.717) is 17.6 Å². The first-order chi connectivity index (χ1) is 32.7. The number of fused-ring (bicyclic) bond motifs is 4. The molecule has 0 N–H and O–H groups in total. The Labute approximate surface area is 383 Å². The maximum atomic E-state index is 5.30. The molecule has 10 aromatic carbocycles. The molecule has 2 aromatic heterocycles. The molecule has 0 aliphatic heterocycles. The maximum absolute atomic E-state index is 5.30. The molecule has 5 heteroatoms. The molecule has 66 heavy (non-hydrogen) atoms. The predicted octanol–water partition coefficient (Wildman–Crippen LogP) is 15.9. The van der Waals surface area contributed by atoms with E-state index in [-0.39, 0.29) is 0 Å². The van der Waals surface area contributed by atoms with E-state index in [9.17, 15) is 0 Å². The van der Waals surface area contributed by atoms with Gasteiger partial charge in [-0.05, 0) is 81.1 Å². The largest absolute Gasteiger partial charge is 0.310 e. The summed E-state index contributed by atoms with van der Waals surface area (Å²) in [5.74, 6) is 1.76. The fourth-order valence-electron chi connectivity index (χ4n) is 9.20. The first kappa shape index (κ1) is 38.7. The maximum Gasteiger partial charge on any atom is 0.238 e. The van der Waals surface area contributed by atoms with Gasteiger partial charge in [0.15, 0.2) is 11.6 Å². The average molecular weight is 844 g/mol. The summed E-state index contributed by atoms with van der Waals surface area (Å²) in [5, 5.41) is 4.66. The molecule has 0 saturated heterocycles. The summed E-state index contributed by atoms with van der Waals surface area (Å²) in [6.45, 7) is 0. The van der Waals surface area contributed by atoms with E-state index in [0.717, 1.165) is 77.8 Å². The van der Waals surface area contributed by atoms with Crippen molar-refractivity contribution in [1.29, 1.82) is 0 Å². The first-order valence-electron chi connectivity index (χ1n) is 22.3. The van der Waals surface area contributed by atoms with Crippen molar-refractivity contribution in [3.05, 3.63) is 249 Å². The molecule has 2 heterocycles. The van der Waals surface area contributed by atoms with E-state index in [1.165, 1.54) is 16.3 Å². The number of aromatic nitrogens is 4. The summed E-state index contributed by atoms with van der Waals surface area (Å²) < 4.78 is 2.23. The molecule has 0 fully saturated rings. The van der Waals surface area contributed by atoms with E-state index in [4.69, 9.17) is 15.0 Å². The van der Waals surface area contributed by atoms with Crippen LogP contribution in [0.25, 0.3) is 94.7 Å². The fraction of sp³-hybridized carbons (Fsp3) is 0. The zero-order chi connectivity index (χ0) is 43.8. The second-order valence-corrected chi connectivity index (χ2v) is 16.5. The van der Waals surface area contributed by atoms with Crippen LogP contribution < -0.4 is 4.90 Å². The van der Waals surface area contributed by atoms with Gasteiger partial charge in [-0.2, -0.15) is 9.97 Å². The Morgan fingerprint density at radius 3 is 1.44 bits per heavy atom. The Kier molecular flexibility index (Phi) is 9.77. The molecular weight excluding hydrogens is 803 g/mol. The highest BCUT2D eigenvalue weighted by Gasteiger charge is 2.23. The molecule has 0 aliphatic carbocycles. The Bertz CT molecular complexity index is 3620. The van der Waals surface area contributed by atoms with Gasteiger partial charge >= 0.3 is 0 Å². The van der Waals surface area contributed by atoms with Crippen molar-refractivity contribution in [2.24, 2.45) is 0 Å². The summed E-state index contributed by atoms with van der Waals surface area (Å²) in [6, 6.07) is 87.9. The molecular formula is C61H41N5. The highest BCUT2D eigenvalue weighted by Crippen LogP contribution is 2.44. The molecule has 0 atom stereocenters. The topological polar surface area (TPSA) is 46.8 Å². The minimum Gasteiger partial charge on any atom is -0.310 e. The van der Waals surface area contributed by atoms with Gasteiger partial charge in [-0.1, -0.05) is 206 Å². The van der Waals surface area contributed by atoms with Crippen LogP contribution in [0.15, 0.2) is 249 Å². The molecule has 310 valence electrons. The van der Waals surface area contributed by atoms with Gasteiger partial charge in [-0.3, -0.25) is 4.57 Å². The third-order valence-electron chi connectivity index (χ3n) is 12.4. The number of nitrogens with zero attached hydrogens (tertiary/aromatic N) is 5. The van der Waals surface area contributed by atoms with Crippen molar-refractivity contribution in [3.63, 3.8) is 0 Å². The molecule has 12 rings (SSSR count). The first-order valence-corrected chi connectivity index (χ1v) is 22.3. The minimum absolute atomic E-state index is 0.543. The highest BCUT2D eigenvalue weighted by molar-refractivity contribution is 6.11. The number of hydrogen-bond acceptors (Lipinski definition) is 4. The lowest BCUT2D eigenvalue weighted by atomic mass is 9.99. The van der Waals surface area contributed by atoms with Crippen LogP contribution in [0, 0.1) is 0 Å². The van der Waals surface area contributed by atoms with E-state index in [2.05, 4.69) is 222 Å². The van der Waals surface area contributed by atoms with Crippen molar-refractivity contribution in [2.75, 3.05) is 4.90 Å². The lowest BCUT2D eigenvalue weighted by Crippen LogP contribution is -2.11. The highest BCUT2D eigenvalue weighted by atomic mass is 15.2. The predicted molar refractivity (Wildman–Crippen MR) is 274 cm³/mol. The van der Waals surface area contributed by atoms with Crippen molar-refractivity contribution < 1.29 is 0 Å². The van der Waals surface area contributed by atoms with Gasteiger partial charge in [-0.25, -0.2) is 4.98 Å². The van der Waals surface area contributed by atoms with Crippen LogP contribution in [0.4, 0.5) is 17.1 Å². The molecule has 0 spiro atoms. The molecule has 0 aliphatic rings. The molecule has 5 nitrogen and oxygen atoms in total. The summed E-state index contributed by atoms with van der Waals surface area (Å²) in [6.07, 6.45) is 0. The Hall–Kier alpha value is -8.93. The van der Waals surface area contributed by atoms with Crippen molar-refractivity contribution in [3.8, 4) is 62.1 Å². The second kappa shape index (κ2) is 16.6. The third kappa shape index (κ3) is 7.15. The minimum atomic E-state index is 0.543. The van der Waals surface area contributed by atoms with Crippen LogP contribution in [0.2, 0.25) is 0 Å². The molecule has 0 amide bonds. The summed E-state index contributed by atoms with van der Waals surface area (Å²) in [4.78, 5) is 18.1. The van der Waals surface area contributed by atoms with E-state index >= 15 is 0 Å². The standard InChI is InChI=1S/C61H41N5/c1-5-17-42(18-6-1)50-33-37-54-55-38-36-52(41-58(55)66(57(54)40-50)61-63-59(46-22-9-3-10-23-46)62-60(64-61)47-24-11-4-12-25-47)65(56-28-16-15-27-53(56)45-20-7-2-8-21-45)51-34-31-44(32-35-51)49-30-29-43-19-13-14-26-48(43)39-49/h1-41H. The average Bonchev–Trinajstić information content (AvgIpc) is 3.73. The number of para-hydroxylation sites is 1. The van der Waals surface area contributed by atoms with Gasteiger partial charge in [0.25, 0.3) is 0 Å². The van der Waals surface area contributed by atoms with E-state index in [1.54, 1.807) is 0 Å². The van der Waals surface area contributed by atoms with Crippen LogP contribution >= 0.6 is 0 Å². The molecule has 0 saturated carbocycles. The number of rotatable bonds is 9. The van der Waals surface area contributed by atoms with Gasteiger partial charge in [0.2, 0.25) is 5.95 Å². The summed E-state index contributed by atoms with van der Waals surface area (Å²) >= 11 is 0. The van der Waals surface area contributed by atoms with E-state index in [1.807, 2.05) is 36.4 Å². The van der Waals surface area contributed by atoms with Gasteiger partial charge in [0, 0.05) is 38.8 Å². The fourth-order valence-corrected chi connectivity index (χ4v) is 9.20. The zero-order valence-electron chi connectivity index (χ0n) is 35.9. The lowest BCUT2D eigenvalue weighted by Gasteiger charge is -2.28. The van der Waals surface area contributed by atoms with Crippen LogP contribution in [-0.2, 0) is 0 Å². The van der Waals surface area contributed by atoms with Gasteiger partial charge in [0.1, 0.15) is 0 Å². The number of anilines is 3. The second-order valence-electron chi connectivity index (χ2n) is 16.5. The Morgan fingerprint density at radius 1 is 0.303 bits per heavy atom. The number of hydrogen-bond donors (Lipinski definition) is 0. The van der Waals surface area contributed by atoms with E-state index < -0.39 is 0 Å². The van der Waals surface area contributed by atoms with Crippen molar-refractivity contribution >= 4 is 49.6 Å². The Balaban J connectivity index is 1.10. The quantitative estimate of drug-likeness (QED) is 0.145. The number of benzene rings is 10. The van der Waals surface area contributed by atoms with Crippen molar-refractivity contribution in [1.82, 2.24) is 19.5 Å². The SMILES string of the molecule is c1ccc(-c2ccc3c4ccc(N(c5ccc(-c6ccc7ccccc7c6)cc5)c5ccccc5-c5ccccc5)cc4n(-c4nc(-c5ccccc5)nc(-c5ccccc5)n4)c3c2)cc1. The van der Waals surface area contributed by atoms with Gasteiger partial charge < -0.3 is 4.90 Å². The van der Waals surface area contributed by atoms with Gasteiger partial charge in [-0.15, -0.1) is 0 Å². The van der Waals surface area contributed by atoms with Crippen LogP contribution in [0.3, 0.4) is 0 Å². The lowest BCUT2D eigenvalue weighted by molar-refractivity contribution is 0.953. The van der Waals surface area contributed by atoms with Gasteiger partial charge in [0.05, 0.1) is 16.7 Å². The third-order valence-corrected chi connectivity index (χ3v) is 12.4. The zero-order valence-corrected chi connectivity index (χ0v) is 35.9. The van der Waals surface area contributed by atoms with Crippen LogP contribution in [0.5, 0.6) is 0 Å². The summed E-state index contributed by atoms with van der Waals surface area (Å²) in [5.41, 5.74) is 13.8. The molecule has 0 bridgehead atoms. The van der Waals surface area contributed by atoms with Crippen LogP contribution in [0.1, 0.15) is 0 Å². The normalized spacial score (nSPS) is 11.3. The molecule has 12 aromatic rings. The molecule has 0 radical (unpaired) electrons. The van der Waals surface area contributed by atoms with Crippen LogP contribution in [-0.4, -0.2) is 19.5 Å². The Morgan fingerprint density at radius 2 is 0.773 bits per heavy atom. The monoisotopic (exact) mass is 843 g/mol.